The molecule has 1 aromatic rings. The summed E-state index contributed by atoms with van der Waals surface area (Å²) in [5, 5.41) is 2.90. The molecule has 1 atom stereocenters. The Morgan fingerprint density at radius 2 is 1.91 bits per heavy atom. The first-order valence-electron chi connectivity index (χ1n) is 7.98. The van der Waals surface area contributed by atoms with Crippen LogP contribution in [0.4, 0.5) is 5.69 Å². The van der Waals surface area contributed by atoms with Crippen molar-refractivity contribution in [2.75, 3.05) is 18.5 Å². The van der Waals surface area contributed by atoms with Crippen LogP contribution >= 0.6 is 12.4 Å². The molecule has 2 fully saturated rings. The van der Waals surface area contributed by atoms with Gasteiger partial charge in [0.1, 0.15) is 0 Å². The smallest absolute Gasteiger partial charge is 0.253 e. The van der Waals surface area contributed by atoms with Crippen molar-refractivity contribution in [2.45, 2.75) is 31.7 Å². The maximum Gasteiger partial charge on any atom is 0.253 e. The molecule has 0 bridgehead atoms. The van der Waals surface area contributed by atoms with Crippen molar-refractivity contribution in [1.82, 2.24) is 5.32 Å². The van der Waals surface area contributed by atoms with Gasteiger partial charge in [-0.15, -0.1) is 12.4 Å². The average Bonchev–Trinajstić information content (AvgIpc) is 3.42. The van der Waals surface area contributed by atoms with Gasteiger partial charge in [0.2, 0.25) is 5.91 Å². The second-order valence-electron chi connectivity index (χ2n) is 6.40. The molecule has 6 heteroatoms. The molecule has 0 saturated heterocycles. The standard InChI is InChI=1S/C17H23N3O2.ClH/c1-20(17(22)12-8-9-12)15-5-3-2-4-13(15)16(21)19-10-14(18)11-6-7-11;/h2-5,11-12,14H,6-10,18H2,1H3,(H,19,21);1H. The Labute approximate surface area is 143 Å². The van der Waals surface area contributed by atoms with Crippen LogP contribution in [0.1, 0.15) is 36.0 Å². The van der Waals surface area contributed by atoms with Crippen LogP contribution in [0.25, 0.3) is 0 Å². The number of rotatable bonds is 6. The molecular weight excluding hydrogens is 314 g/mol. The fourth-order valence-electron chi connectivity index (χ4n) is 2.68. The summed E-state index contributed by atoms with van der Waals surface area (Å²) < 4.78 is 0. The molecule has 0 heterocycles. The molecule has 0 spiro atoms. The number of anilines is 1. The van der Waals surface area contributed by atoms with Crippen LogP contribution in [-0.4, -0.2) is 31.4 Å². The average molecular weight is 338 g/mol. The SMILES string of the molecule is CN(C(=O)C1CC1)c1ccccc1C(=O)NCC(N)C1CC1.Cl. The van der Waals surface area contributed by atoms with Gasteiger partial charge in [-0.1, -0.05) is 12.1 Å². The fourth-order valence-corrected chi connectivity index (χ4v) is 2.68. The number of para-hydroxylation sites is 1. The zero-order valence-corrected chi connectivity index (χ0v) is 14.1. The summed E-state index contributed by atoms with van der Waals surface area (Å²) in [6.45, 7) is 0.484. The normalized spacial score (nSPS) is 17.8. The Morgan fingerprint density at radius 1 is 1.26 bits per heavy atom. The highest BCUT2D eigenvalue weighted by Gasteiger charge is 2.33. The van der Waals surface area contributed by atoms with Crippen LogP contribution in [0.2, 0.25) is 0 Å². The number of halogens is 1. The van der Waals surface area contributed by atoms with E-state index in [0.717, 1.165) is 25.7 Å². The first-order chi connectivity index (χ1) is 10.6. The van der Waals surface area contributed by atoms with Gasteiger partial charge in [-0.2, -0.15) is 0 Å². The number of amides is 2. The molecule has 2 saturated carbocycles. The van der Waals surface area contributed by atoms with Crippen molar-refractivity contribution in [1.29, 1.82) is 0 Å². The lowest BCUT2D eigenvalue weighted by Crippen LogP contribution is -2.39. The van der Waals surface area contributed by atoms with Gasteiger partial charge in [-0.25, -0.2) is 0 Å². The molecule has 1 unspecified atom stereocenters. The molecule has 5 nitrogen and oxygen atoms in total. The number of hydrogen-bond donors (Lipinski definition) is 2. The molecule has 0 radical (unpaired) electrons. The predicted molar refractivity (Wildman–Crippen MR) is 92.9 cm³/mol. The highest BCUT2D eigenvalue weighted by atomic mass is 35.5. The van der Waals surface area contributed by atoms with E-state index in [0.29, 0.717) is 23.7 Å². The van der Waals surface area contributed by atoms with Crippen LogP contribution in [-0.2, 0) is 4.79 Å². The predicted octanol–water partition coefficient (Wildman–Crippen LogP) is 1.95. The Kier molecular flexibility index (Phi) is 5.65. The third kappa shape index (κ3) is 4.24. The second-order valence-corrected chi connectivity index (χ2v) is 6.40. The van der Waals surface area contributed by atoms with Gasteiger partial charge in [0.05, 0.1) is 11.3 Å². The summed E-state index contributed by atoms with van der Waals surface area (Å²) >= 11 is 0. The van der Waals surface area contributed by atoms with E-state index in [1.807, 2.05) is 18.2 Å². The molecule has 1 aromatic carbocycles. The van der Waals surface area contributed by atoms with Crippen LogP contribution in [0.15, 0.2) is 24.3 Å². The Bertz CT molecular complexity index is 585. The summed E-state index contributed by atoms with van der Waals surface area (Å²) in [4.78, 5) is 26.2. The van der Waals surface area contributed by atoms with Crippen LogP contribution < -0.4 is 16.0 Å². The van der Waals surface area contributed by atoms with Gasteiger partial charge >= 0.3 is 0 Å². The molecule has 0 aromatic heterocycles. The third-order valence-corrected chi connectivity index (χ3v) is 4.49. The monoisotopic (exact) mass is 337 g/mol. The van der Waals surface area contributed by atoms with Gasteiger partial charge in [0.15, 0.2) is 0 Å². The van der Waals surface area contributed by atoms with E-state index in [4.69, 9.17) is 5.73 Å². The van der Waals surface area contributed by atoms with Crippen LogP contribution in [0, 0.1) is 11.8 Å². The van der Waals surface area contributed by atoms with Crippen molar-refractivity contribution in [3.05, 3.63) is 29.8 Å². The lowest BCUT2D eigenvalue weighted by atomic mass is 10.1. The maximum absolute atomic E-state index is 12.4. The summed E-state index contributed by atoms with van der Waals surface area (Å²) in [5.74, 6) is 0.608. The van der Waals surface area contributed by atoms with E-state index >= 15 is 0 Å². The van der Waals surface area contributed by atoms with E-state index < -0.39 is 0 Å². The quantitative estimate of drug-likeness (QED) is 0.833. The van der Waals surface area contributed by atoms with E-state index in [2.05, 4.69) is 5.32 Å². The lowest BCUT2D eigenvalue weighted by Gasteiger charge is -2.21. The highest BCUT2D eigenvalue weighted by Crippen LogP contribution is 2.33. The van der Waals surface area contributed by atoms with Gasteiger partial charge in [0, 0.05) is 25.6 Å². The van der Waals surface area contributed by atoms with E-state index in [9.17, 15) is 9.59 Å². The van der Waals surface area contributed by atoms with Crippen molar-refractivity contribution < 1.29 is 9.59 Å². The minimum absolute atomic E-state index is 0. The van der Waals surface area contributed by atoms with Crippen molar-refractivity contribution >= 4 is 29.9 Å². The minimum Gasteiger partial charge on any atom is -0.350 e. The Hall–Kier alpha value is -1.59. The molecule has 0 aliphatic heterocycles. The first kappa shape index (κ1) is 17.8. The molecule has 2 amide bonds. The Balaban J connectivity index is 0.00000192. The number of nitrogens with one attached hydrogen (secondary N) is 1. The third-order valence-electron chi connectivity index (χ3n) is 4.49. The zero-order valence-electron chi connectivity index (χ0n) is 13.3. The molecule has 23 heavy (non-hydrogen) atoms. The topological polar surface area (TPSA) is 75.4 Å². The minimum atomic E-state index is -0.165. The maximum atomic E-state index is 12.4. The number of hydrogen-bond acceptors (Lipinski definition) is 3. The van der Waals surface area contributed by atoms with Gasteiger partial charge in [-0.3, -0.25) is 9.59 Å². The van der Waals surface area contributed by atoms with E-state index in [1.54, 1.807) is 18.0 Å². The number of carbonyl (C=O) groups excluding carboxylic acids is 2. The number of nitrogens with two attached hydrogens (primary N) is 1. The molecule has 3 N–H and O–H groups in total. The largest absolute Gasteiger partial charge is 0.350 e. The summed E-state index contributed by atoms with van der Waals surface area (Å²) in [6, 6.07) is 7.26. The molecule has 2 aliphatic rings. The summed E-state index contributed by atoms with van der Waals surface area (Å²) in [5.41, 5.74) is 7.21. The van der Waals surface area contributed by atoms with E-state index in [1.165, 1.54) is 0 Å². The number of carbonyl (C=O) groups is 2. The number of benzene rings is 1. The number of nitrogens with zero attached hydrogens (tertiary/aromatic N) is 1. The highest BCUT2D eigenvalue weighted by molar-refractivity contribution is 6.05. The molecular formula is C17H24ClN3O2. The fraction of sp³-hybridized carbons (Fsp3) is 0.529. The Morgan fingerprint density at radius 3 is 2.52 bits per heavy atom. The van der Waals surface area contributed by atoms with Crippen molar-refractivity contribution in [3.8, 4) is 0 Å². The van der Waals surface area contributed by atoms with Gasteiger partial charge in [0.25, 0.3) is 5.91 Å². The molecule has 3 rings (SSSR count). The van der Waals surface area contributed by atoms with Crippen molar-refractivity contribution in [3.63, 3.8) is 0 Å². The van der Waals surface area contributed by atoms with Crippen LogP contribution in [0.3, 0.4) is 0 Å². The first-order valence-corrected chi connectivity index (χ1v) is 7.98. The van der Waals surface area contributed by atoms with Crippen LogP contribution in [0.5, 0.6) is 0 Å². The van der Waals surface area contributed by atoms with Crippen molar-refractivity contribution in [2.24, 2.45) is 17.6 Å². The zero-order chi connectivity index (χ0) is 15.7. The summed E-state index contributed by atoms with van der Waals surface area (Å²) in [7, 11) is 1.74. The molecule has 126 valence electrons. The second kappa shape index (κ2) is 7.32. The molecule has 2 aliphatic carbocycles. The lowest BCUT2D eigenvalue weighted by molar-refractivity contribution is -0.119. The van der Waals surface area contributed by atoms with E-state index in [-0.39, 0.29) is 36.2 Å². The van der Waals surface area contributed by atoms with Gasteiger partial charge in [-0.05, 0) is 43.7 Å². The summed E-state index contributed by atoms with van der Waals surface area (Å²) in [6.07, 6.45) is 4.22. The van der Waals surface area contributed by atoms with Gasteiger partial charge < -0.3 is 16.0 Å².